The molecule has 21 heavy (non-hydrogen) atoms. The fourth-order valence-corrected chi connectivity index (χ4v) is 2.70. The van der Waals surface area contributed by atoms with Crippen LogP contribution in [-0.2, 0) is 4.79 Å². The van der Waals surface area contributed by atoms with Gasteiger partial charge in [0.2, 0.25) is 0 Å². The smallest absolute Gasteiger partial charge is 0.265 e. The van der Waals surface area contributed by atoms with Gasteiger partial charge in [-0.2, -0.15) is 0 Å². The first-order valence-corrected chi connectivity index (χ1v) is 7.53. The zero-order valence-corrected chi connectivity index (χ0v) is 12.7. The maximum Gasteiger partial charge on any atom is 0.265 e. The number of likely N-dealkylation sites (N-methyl/N-ethyl adjacent to an activating group) is 1. The average Bonchev–Trinajstić information content (AvgIpc) is 3.29. The van der Waals surface area contributed by atoms with Gasteiger partial charge in [0.1, 0.15) is 5.75 Å². The summed E-state index contributed by atoms with van der Waals surface area (Å²) in [5.41, 5.74) is 8.25. The molecule has 1 atom stereocenters. The summed E-state index contributed by atoms with van der Waals surface area (Å²) in [4.78, 5) is 16.0. The van der Waals surface area contributed by atoms with Crippen LogP contribution in [0.2, 0.25) is 0 Å². The number of hydrogen-bond acceptors (Lipinski definition) is 4. The standard InChI is InChI=1S/C16H23N3O2/c1-18(2)7-8-19-13-9-12(16(17)11-3-4-11)5-6-14(13)21-10-15(19)20/h5-6,9,11,16H,3-4,7-8,10,17H2,1-2H3. The highest BCUT2D eigenvalue weighted by atomic mass is 16.5. The molecule has 1 aliphatic carbocycles. The maximum atomic E-state index is 12.1. The molecular weight excluding hydrogens is 266 g/mol. The normalized spacial score (nSPS) is 19.4. The van der Waals surface area contributed by atoms with Gasteiger partial charge in [0.05, 0.1) is 5.69 Å². The van der Waals surface area contributed by atoms with Crippen molar-refractivity contribution in [2.45, 2.75) is 18.9 Å². The Kier molecular flexibility index (Phi) is 3.87. The molecule has 1 aromatic carbocycles. The highest BCUT2D eigenvalue weighted by Gasteiger charge is 2.31. The molecule has 0 saturated heterocycles. The summed E-state index contributed by atoms with van der Waals surface area (Å²) in [6.07, 6.45) is 2.41. The Hall–Kier alpha value is -1.59. The molecule has 0 bridgehead atoms. The number of nitrogens with two attached hydrogens (primary N) is 1. The van der Waals surface area contributed by atoms with Crippen LogP contribution >= 0.6 is 0 Å². The summed E-state index contributed by atoms with van der Waals surface area (Å²) in [6, 6.07) is 6.08. The number of fused-ring (bicyclic) bond motifs is 1. The van der Waals surface area contributed by atoms with E-state index in [1.807, 2.05) is 37.2 Å². The van der Waals surface area contributed by atoms with Crippen LogP contribution in [0.3, 0.4) is 0 Å². The van der Waals surface area contributed by atoms with E-state index in [0.29, 0.717) is 12.5 Å². The van der Waals surface area contributed by atoms with Crippen molar-refractivity contribution in [3.8, 4) is 5.75 Å². The predicted octanol–water partition coefficient (Wildman–Crippen LogP) is 1.38. The maximum absolute atomic E-state index is 12.1. The summed E-state index contributed by atoms with van der Waals surface area (Å²) in [5, 5.41) is 0. The number of rotatable bonds is 5. The average molecular weight is 289 g/mol. The number of carbonyl (C=O) groups excluding carboxylic acids is 1. The minimum Gasteiger partial charge on any atom is -0.482 e. The van der Waals surface area contributed by atoms with Crippen LogP contribution in [-0.4, -0.2) is 44.6 Å². The summed E-state index contributed by atoms with van der Waals surface area (Å²) in [6.45, 7) is 1.61. The SMILES string of the molecule is CN(C)CCN1C(=O)COc2ccc(C(N)C3CC3)cc21. The van der Waals surface area contributed by atoms with Crippen LogP contribution in [0.5, 0.6) is 5.75 Å². The third-order valence-electron chi connectivity index (χ3n) is 4.21. The van der Waals surface area contributed by atoms with Crippen molar-refractivity contribution in [1.82, 2.24) is 4.90 Å². The number of ether oxygens (including phenoxy) is 1. The van der Waals surface area contributed by atoms with Gasteiger partial charge in [0, 0.05) is 19.1 Å². The number of hydrogen-bond donors (Lipinski definition) is 1. The molecule has 1 fully saturated rings. The van der Waals surface area contributed by atoms with Gasteiger partial charge < -0.3 is 20.3 Å². The predicted molar refractivity (Wildman–Crippen MR) is 82.5 cm³/mol. The summed E-state index contributed by atoms with van der Waals surface area (Å²) >= 11 is 0. The molecule has 1 saturated carbocycles. The fourth-order valence-electron chi connectivity index (χ4n) is 2.70. The summed E-state index contributed by atoms with van der Waals surface area (Å²) in [5.74, 6) is 1.39. The highest BCUT2D eigenvalue weighted by Crippen LogP contribution is 2.42. The van der Waals surface area contributed by atoms with Crippen molar-refractivity contribution in [2.75, 3.05) is 38.7 Å². The van der Waals surface area contributed by atoms with E-state index in [2.05, 4.69) is 4.90 Å². The molecule has 0 aromatic heterocycles. The molecule has 0 spiro atoms. The molecule has 2 aliphatic rings. The Labute approximate surface area is 125 Å². The van der Waals surface area contributed by atoms with Gasteiger partial charge in [-0.15, -0.1) is 0 Å². The lowest BCUT2D eigenvalue weighted by atomic mass is 10.0. The van der Waals surface area contributed by atoms with Crippen molar-refractivity contribution in [2.24, 2.45) is 11.7 Å². The molecular formula is C16H23N3O2. The molecule has 114 valence electrons. The van der Waals surface area contributed by atoms with Crippen molar-refractivity contribution in [3.63, 3.8) is 0 Å². The number of nitrogens with zero attached hydrogens (tertiary/aromatic N) is 2. The molecule has 5 nitrogen and oxygen atoms in total. The zero-order chi connectivity index (χ0) is 15.0. The lowest BCUT2D eigenvalue weighted by molar-refractivity contribution is -0.121. The minimum absolute atomic E-state index is 0.0153. The molecule has 1 aromatic rings. The van der Waals surface area contributed by atoms with E-state index < -0.39 is 0 Å². The third-order valence-corrected chi connectivity index (χ3v) is 4.21. The van der Waals surface area contributed by atoms with Gasteiger partial charge in [-0.1, -0.05) is 6.07 Å². The third kappa shape index (κ3) is 3.04. The van der Waals surface area contributed by atoms with Gasteiger partial charge in [0.15, 0.2) is 6.61 Å². The molecule has 1 aliphatic heterocycles. The van der Waals surface area contributed by atoms with Crippen molar-refractivity contribution in [3.05, 3.63) is 23.8 Å². The van der Waals surface area contributed by atoms with Crippen LogP contribution in [0, 0.1) is 5.92 Å². The van der Waals surface area contributed by atoms with Crippen molar-refractivity contribution >= 4 is 11.6 Å². The van der Waals surface area contributed by atoms with Gasteiger partial charge in [-0.3, -0.25) is 4.79 Å². The van der Waals surface area contributed by atoms with Crippen LogP contribution in [0.15, 0.2) is 18.2 Å². The van der Waals surface area contributed by atoms with E-state index in [1.165, 1.54) is 12.8 Å². The molecule has 1 unspecified atom stereocenters. The number of benzene rings is 1. The number of anilines is 1. The lowest BCUT2D eigenvalue weighted by Gasteiger charge is -2.31. The van der Waals surface area contributed by atoms with Crippen LogP contribution in [0.25, 0.3) is 0 Å². The van der Waals surface area contributed by atoms with Gasteiger partial charge >= 0.3 is 0 Å². The van der Waals surface area contributed by atoms with E-state index in [9.17, 15) is 4.79 Å². The molecule has 3 rings (SSSR count). The van der Waals surface area contributed by atoms with Crippen LogP contribution in [0.1, 0.15) is 24.4 Å². The Morgan fingerprint density at radius 1 is 1.43 bits per heavy atom. The Morgan fingerprint density at radius 2 is 2.19 bits per heavy atom. The number of amides is 1. The molecule has 5 heteroatoms. The zero-order valence-electron chi connectivity index (χ0n) is 12.7. The lowest BCUT2D eigenvalue weighted by Crippen LogP contribution is -2.42. The van der Waals surface area contributed by atoms with Crippen molar-refractivity contribution < 1.29 is 9.53 Å². The van der Waals surface area contributed by atoms with Gasteiger partial charge in [-0.05, 0) is 50.6 Å². The number of carbonyl (C=O) groups is 1. The van der Waals surface area contributed by atoms with Gasteiger partial charge in [0.25, 0.3) is 5.91 Å². The molecule has 0 radical (unpaired) electrons. The molecule has 2 N–H and O–H groups in total. The monoisotopic (exact) mass is 289 g/mol. The minimum atomic E-state index is 0.0153. The molecule has 1 heterocycles. The first-order chi connectivity index (χ1) is 10.1. The largest absolute Gasteiger partial charge is 0.482 e. The van der Waals surface area contributed by atoms with Gasteiger partial charge in [-0.25, -0.2) is 0 Å². The van der Waals surface area contributed by atoms with E-state index in [4.69, 9.17) is 10.5 Å². The summed E-state index contributed by atoms with van der Waals surface area (Å²) in [7, 11) is 4.01. The topological polar surface area (TPSA) is 58.8 Å². The van der Waals surface area contributed by atoms with E-state index in [1.54, 1.807) is 0 Å². The van der Waals surface area contributed by atoms with Crippen LogP contribution in [0.4, 0.5) is 5.69 Å². The van der Waals surface area contributed by atoms with Crippen molar-refractivity contribution in [1.29, 1.82) is 0 Å². The second-order valence-electron chi connectivity index (χ2n) is 6.23. The molecule has 1 amide bonds. The van der Waals surface area contributed by atoms with E-state index in [-0.39, 0.29) is 18.6 Å². The first-order valence-electron chi connectivity index (χ1n) is 7.53. The second-order valence-corrected chi connectivity index (χ2v) is 6.23. The van der Waals surface area contributed by atoms with E-state index >= 15 is 0 Å². The Morgan fingerprint density at radius 3 is 2.86 bits per heavy atom. The second kappa shape index (κ2) is 5.66. The van der Waals surface area contributed by atoms with Crippen LogP contribution < -0.4 is 15.4 Å². The fraction of sp³-hybridized carbons (Fsp3) is 0.562. The quantitative estimate of drug-likeness (QED) is 0.890. The Bertz CT molecular complexity index is 540. The highest BCUT2D eigenvalue weighted by molar-refractivity contribution is 5.97. The first kappa shape index (κ1) is 14.4. The Balaban J connectivity index is 1.86. The van der Waals surface area contributed by atoms with E-state index in [0.717, 1.165) is 23.5 Å². The summed E-state index contributed by atoms with van der Waals surface area (Å²) < 4.78 is 5.54.